The quantitative estimate of drug-likeness (QED) is 0.389. The summed E-state index contributed by atoms with van der Waals surface area (Å²) in [7, 11) is -2.63. The number of hydrogen-bond donors (Lipinski definition) is 1. The molecule has 3 aromatic rings. The summed E-state index contributed by atoms with van der Waals surface area (Å²) in [6, 6.07) is 22.9. The Morgan fingerprint density at radius 1 is 0.946 bits per heavy atom. The van der Waals surface area contributed by atoms with E-state index in [1.807, 2.05) is 37.3 Å². The number of sulfonamides is 1. The summed E-state index contributed by atoms with van der Waals surface area (Å²) in [4.78, 5) is 28.1. The van der Waals surface area contributed by atoms with Crippen molar-refractivity contribution in [3.05, 3.63) is 90.5 Å². The van der Waals surface area contributed by atoms with E-state index in [0.717, 1.165) is 16.3 Å². The van der Waals surface area contributed by atoms with Crippen LogP contribution in [-0.4, -0.2) is 51.4 Å². The minimum absolute atomic E-state index is 0.0500. The largest absolute Gasteiger partial charge is 0.497 e. The lowest BCUT2D eigenvalue weighted by Crippen LogP contribution is -2.51. The van der Waals surface area contributed by atoms with Gasteiger partial charge in [0, 0.05) is 19.2 Å². The molecule has 1 atom stereocenters. The predicted octanol–water partition coefficient (Wildman–Crippen LogP) is 3.83. The van der Waals surface area contributed by atoms with Crippen LogP contribution in [0, 0.1) is 0 Å². The van der Waals surface area contributed by atoms with Gasteiger partial charge in [0.2, 0.25) is 11.8 Å². The van der Waals surface area contributed by atoms with Crippen LogP contribution in [0.5, 0.6) is 5.75 Å². The molecule has 8 nitrogen and oxygen atoms in total. The van der Waals surface area contributed by atoms with Gasteiger partial charge in [0.05, 0.1) is 17.7 Å². The molecule has 2 amide bonds. The molecule has 3 aromatic carbocycles. The van der Waals surface area contributed by atoms with Gasteiger partial charge in [-0.15, -0.1) is 0 Å². The molecule has 0 saturated carbocycles. The van der Waals surface area contributed by atoms with Crippen LogP contribution in [0.1, 0.15) is 25.8 Å². The highest BCUT2D eigenvalue weighted by Crippen LogP contribution is 2.27. The molecule has 0 heterocycles. The zero-order valence-electron chi connectivity index (χ0n) is 21.3. The normalized spacial score (nSPS) is 11.9. The predicted molar refractivity (Wildman–Crippen MR) is 144 cm³/mol. The first kappa shape index (κ1) is 27.7. The molecule has 0 bridgehead atoms. The first-order valence-electron chi connectivity index (χ1n) is 12.1. The molecule has 0 fully saturated rings. The Morgan fingerprint density at radius 3 is 2.22 bits per heavy atom. The summed E-state index contributed by atoms with van der Waals surface area (Å²) in [5, 5.41) is 2.83. The minimum atomic E-state index is -4.11. The fourth-order valence-corrected chi connectivity index (χ4v) is 5.20. The molecular weight excluding hydrogens is 490 g/mol. The second-order valence-corrected chi connectivity index (χ2v) is 10.4. The first-order valence-corrected chi connectivity index (χ1v) is 13.5. The van der Waals surface area contributed by atoms with Crippen molar-refractivity contribution in [1.29, 1.82) is 0 Å². The molecule has 3 rings (SSSR count). The summed E-state index contributed by atoms with van der Waals surface area (Å²) in [6.45, 7) is 3.72. The third-order valence-corrected chi connectivity index (χ3v) is 7.65. The standard InChI is InChI=1S/C28H33N3O5S/c1-4-18-29-28(33)22(2)30(20-23-12-7-5-8-13-23)27(32)21-31(24-14-11-15-25(19-24)36-3)37(34,35)26-16-9-6-10-17-26/h5-17,19,22H,4,18,20-21H2,1-3H3,(H,29,33)/t22-/m0/s1. The van der Waals surface area contributed by atoms with Crippen LogP contribution in [0.25, 0.3) is 0 Å². The molecule has 37 heavy (non-hydrogen) atoms. The van der Waals surface area contributed by atoms with Gasteiger partial charge in [-0.05, 0) is 43.2 Å². The number of nitrogens with zero attached hydrogens (tertiary/aromatic N) is 2. The van der Waals surface area contributed by atoms with Gasteiger partial charge in [0.1, 0.15) is 18.3 Å². The maximum atomic E-state index is 13.8. The Hall–Kier alpha value is -3.85. The molecule has 0 saturated heterocycles. The molecule has 0 aliphatic rings. The van der Waals surface area contributed by atoms with E-state index in [4.69, 9.17) is 4.74 Å². The van der Waals surface area contributed by atoms with Gasteiger partial charge in [-0.2, -0.15) is 0 Å². The number of rotatable bonds is 12. The van der Waals surface area contributed by atoms with Crippen molar-refractivity contribution < 1.29 is 22.7 Å². The second-order valence-electron chi connectivity index (χ2n) is 8.50. The molecular formula is C28H33N3O5S. The Balaban J connectivity index is 2.01. The van der Waals surface area contributed by atoms with E-state index >= 15 is 0 Å². The lowest BCUT2D eigenvalue weighted by atomic mass is 10.1. The van der Waals surface area contributed by atoms with Crippen molar-refractivity contribution in [2.45, 2.75) is 37.8 Å². The molecule has 0 aliphatic carbocycles. The summed E-state index contributed by atoms with van der Waals surface area (Å²) >= 11 is 0. The summed E-state index contributed by atoms with van der Waals surface area (Å²) in [6.07, 6.45) is 0.754. The molecule has 1 N–H and O–H groups in total. The average Bonchev–Trinajstić information content (AvgIpc) is 2.93. The monoisotopic (exact) mass is 523 g/mol. The Kier molecular flexibility index (Phi) is 9.68. The van der Waals surface area contributed by atoms with Gasteiger partial charge in [-0.25, -0.2) is 8.42 Å². The third-order valence-electron chi connectivity index (χ3n) is 5.86. The number of hydrogen-bond acceptors (Lipinski definition) is 5. The highest BCUT2D eigenvalue weighted by Gasteiger charge is 2.32. The highest BCUT2D eigenvalue weighted by molar-refractivity contribution is 7.92. The molecule has 196 valence electrons. The second kappa shape index (κ2) is 12.9. The van der Waals surface area contributed by atoms with E-state index in [1.165, 1.54) is 24.1 Å². The number of methoxy groups -OCH3 is 1. The number of benzene rings is 3. The van der Waals surface area contributed by atoms with Crippen molar-refractivity contribution in [2.24, 2.45) is 0 Å². The van der Waals surface area contributed by atoms with Gasteiger partial charge < -0.3 is 15.0 Å². The fraction of sp³-hybridized carbons (Fsp3) is 0.286. The molecule has 0 spiro atoms. The third kappa shape index (κ3) is 7.10. The lowest BCUT2D eigenvalue weighted by Gasteiger charge is -2.32. The Bertz CT molecular complexity index is 1280. The summed E-state index contributed by atoms with van der Waals surface area (Å²) in [5.41, 5.74) is 1.10. The number of amides is 2. The van der Waals surface area contributed by atoms with E-state index < -0.39 is 28.5 Å². The smallest absolute Gasteiger partial charge is 0.264 e. The van der Waals surface area contributed by atoms with Crippen LogP contribution < -0.4 is 14.4 Å². The van der Waals surface area contributed by atoms with E-state index in [1.54, 1.807) is 49.4 Å². The van der Waals surface area contributed by atoms with Gasteiger partial charge in [0.15, 0.2) is 0 Å². The van der Waals surface area contributed by atoms with Crippen molar-refractivity contribution >= 4 is 27.5 Å². The van der Waals surface area contributed by atoms with E-state index in [9.17, 15) is 18.0 Å². The van der Waals surface area contributed by atoms with Crippen LogP contribution in [0.3, 0.4) is 0 Å². The van der Waals surface area contributed by atoms with Crippen molar-refractivity contribution in [3.63, 3.8) is 0 Å². The van der Waals surface area contributed by atoms with E-state index in [-0.39, 0.29) is 23.0 Å². The SMILES string of the molecule is CCCNC(=O)[C@H](C)N(Cc1ccccc1)C(=O)CN(c1cccc(OC)c1)S(=O)(=O)c1ccccc1. The fourth-order valence-electron chi connectivity index (χ4n) is 3.77. The van der Waals surface area contributed by atoms with Crippen LogP contribution in [-0.2, 0) is 26.2 Å². The van der Waals surface area contributed by atoms with Crippen LogP contribution in [0.15, 0.2) is 89.8 Å². The molecule has 0 unspecified atom stereocenters. The van der Waals surface area contributed by atoms with Gasteiger partial charge in [-0.1, -0.05) is 61.5 Å². The van der Waals surface area contributed by atoms with Crippen LogP contribution >= 0.6 is 0 Å². The van der Waals surface area contributed by atoms with Gasteiger partial charge in [0.25, 0.3) is 10.0 Å². The van der Waals surface area contributed by atoms with E-state index in [2.05, 4.69) is 5.32 Å². The van der Waals surface area contributed by atoms with Crippen molar-refractivity contribution in [1.82, 2.24) is 10.2 Å². The molecule has 0 radical (unpaired) electrons. The number of carbonyl (C=O) groups excluding carboxylic acids is 2. The Morgan fingerprint density at radius 2 is 1.59 bits per heavy atom. The van der Waals surface area contributed by atoms with Crippen LogP contribution in [0.4, 0.5) is 5.69 Å². The number of carbonyl (C=O) groups is 2. The minimum Gasteiger partial charge on any atom is -0.497 e. The van der Waals surface area contributed by atoms with Gasteiger partial charge >= 0.3 is 0 Å². The zero-order valence-corrected chi connectivity index (χ0v) is 22.1. The summed E-state index contributed by atoms with van der Waals surface area (Å²) in [5.74, 6) is -0.359. The average molecular weight is 524 g/mol. The van der Waals surface area contributed by atoms with E-state index in [0.29, 0.717) is 12.3 Å². The van der Waals surface area contributed by atoms with Crippen molar-refractivity contribution in [3.8, 4) is 5.75 Å². The topological polar surface area (TPSA) is 96.0 Å². The number of anilines is 1. The lowest BCUT2D eigenvalue weighted by molar-refractivity contribution is -0.139. The van der Waals surface area contributed by atoms with Gasteiger partial charge in [-0.3, -0.25) is 13.9 Å². The molecule has 9 heteroatoms. The highest BCUT2D eigenvalue weighted by atomic mass is 32.2. The maximum Gasteiger partial charge on any atom is 0.264 e. The number of ether oxygens (including phenoxy) is 1. The first-order chi connectivity index (χ1) is 17.8. The molecule has 0 aliphatic heterocycles. The van der Waals surface area contributed by atoms with Crippen molar-refractivity contribution in [2.75, 3.05) is 24.5 Å². The maximum absolute atomic E-state index is 13.8. The zero-order chi connectivity index (χ0) is 26.8. The Labute approximate surface area is 218 Å². The van der Waals surface area contributed by atoms with Crippen LogP contribution in [0.2, 0.25) is 0 Å². The molecule has 0 aromatic heterocycles. The summed E-state index contributed by atoms with van der Waals surface area (Å²) < 4.78 is 33.8. The number of nitrogens with one attached hydrogen (secondary N) is 1.